The summed E-state index contributed by atoms with van der Waals surface area (Å²) in [5.74, 6) is 0.0205. The van der Waals surface area contributed by atoms with Crippen LogP contribution in [0.3, 0.4) is 0 Å². The Morgan fingerprint density at radius 1 is 1.28 bits per heavy atom. The number of aliphatic hydroxyl groups excluding tert-OH is 1. The summed E-state index contributed by atoms with van der Waals surface area (Å²) in [6.45, 7) is 1.94. The van der Waals surface area contributed by atoms with Crippen LogP contribution in [0, 0.1) is 0 Å². The molecule has 0 bridgehead atoms. The average molecular weight is 256 g/mol. The Kier molecular flexibility index (Phi) is 5.41. The molecule has 0 radical (unpaired) electrons. The first-order chi connectivity index (χ1) is 8.74. The van der Waals surface area contributed by atoms with Gasteiger partial charge < -0.3 is 20.5 Å². The summed E-state index contributed by atoms with van der Waals surface area (Å²) < 4.78 is 5.47. The molecule has 1 saturated carbocycles. The van der Waals surface area contributed by atoms with Gasteiger partial charge in [0.05, 0.1) is 18.8 Å². The summed E-state index contributed by atoms with van der Waals surface area (Å²) in [6.07, 6.45) is 5.77. The number of amides is 1. The van der Waals surface area contributed by atoms with Crippen LogP contribution in [0.2, 0.25) is 0 Å². The molecule has 1 amide bonds. The van der Waals surface area contributed by atoms with Gasteiger partial charge >= 0.3 is 0 Å². The van der Waals surface area contributed by atoms with Crippen LogP contribution in [0.25, 0.3) is 0 Å². The molecular weight excluding hydrogens is 232 g/mol. The van der Waals surface area contributed by atoms with Crippen LogP contribution >= 0.6 is 0 Å². The van der Waals surface area contributed by atoms with Crippen molar-refractivity contribution in [3.8, 4) is 0 Å². The van der Waals surface area contributed by atoms with E-state index in [4.69, 9.17) is 4.74 Å². The van der Waals surface area contributed by atoms with Gasteiger partial charge in [0.2, 0.25) is 5.91 Å². The minimum Gasteiger partial charge on any atom is -0.393 e. The molecule has 0 aromatic carbocycles. The summed E-state index contributed by atoms with van der Waals surface area (Å²) in [5, 5.41) is 15.6. The second-order valence-electron chi connectivity index (χ2n) is 5.35. The predicted molar refractivity (Wildman–Crippen MR) is 68.2 cm³/mol. The number of carbonyl (C=O) groups excluding carboxylic acids is 1. The Hall–Kier alpha value is -0.650. The fourth-order valence-electron chi connectivity index (χ4n) is 2.73. The molecule has 1 saturated heterocycles. The summed E-state index contributed by atoms with van der Waals surface area (Å²) in [7, 11) is 0. The SMILES string of the molecule is O=C(CNCC1CCCO1)NC1CCCC(O)C1. The van der Waals surface area contributed by atoms with Crippen LogP contribution in [0.1, 0.15) is 38.5 Å². The predicted octanol–water partition coefficient (Wildman–Crippen LogP) is 0.175. The van der Waals surface area contributed by atoms with E-state index in [-0.39, 0.29) is 24.2 Å². The number of ether oxygens (including phenoxy) is 1. The Balaban J connectivity index is 1.56. The smallest absolute Gasteiger partial charge is 0.234 e. The number of rotatable bonds is 5. The third-order valence-corrected chi connectivity index (χ3v) is 3.69. The van der Waals surface area contributed by atoms with Crippen molar-refractivity contribution >= 4 is 5.91 Å². The van der Waals surface area contributed by atoms with Crippen molar-refractivity contribution in [1.82, 2.24) is 10.6 Å². The van der Waals surface area contributed by atoms with Crippen LogP contribution in [-0.4, -0.2) is 49.0 Å². The lowest BCUT2D eigenvalue weighted by Gasteiger charge is -2.26. The molecule has 1 aliphatic heterocycles. The molecule has 2 rings (SSSR count). The zero-order valence-electron chi connectivity index (χ0n) is 10.9. The molecule has 104 valence electrons. The number of nitrogens with one attached hydrogen (secondary N) is 2. The van der Waals surface area contributed by atoms with Crippen molar-refractivity contribution in [2.24, 2.45) is 0 Å². The van der Waals surface area contributed by atoms with E-state index in [0.717, 1.165) is 45.3 Å². The second-order valence-corrected chi connectivity index (χ2v) is 5.35. The Labute approximate surface area is 108 Å². The topological polar surface area (TPSA) is 70.6 Å². The number of hydrogen-bond acceptors (Lipinski definition) is 4. The summed E-state index contributed by atoms with van der Waals surface area (Å²) in [5.41, 5.74) is 0. The fraction of sp³-hybridized carbons (Fsp3) is 0.923. The van der Waals surface area contributed by atoms with E-state index in [2.05, 4.69) is 10.6 Å². The van der Waals surface area contributed by atoms with E-state index in [0.29, 0.717) is 13.0 Å². The lowest BCUT2D eigenvalue weighted by atomic mass is 9.93. The van der Waals surface area contributed by atoms with Gasteiger partial charge in [-0.05, 0) is 38.5 Å². The van der Waals surface area contributed by atoms with E-state index in [9.17, 15) is 9.90 Å². The van der Waals surface area contributed by atoms with E-state index < -0.39 is 0 Å². The summed E-state index contributed by atoms with van der Waals surface area (Å²) in [4.78, 5) is 11.7. The lowest BCUT2D eigenvalue weighted by molar-refractivity contribution is -0.121. The molecule has 3 atom stereocenters. The average Bonchev–Trinajstić information content (AvgIpc) is 2.82. The van der Waals surface area contributed by atoms with Crippen LogP contribution in [-0.2, 0) is 9.53 Å². The number of hydrogen-bond donors (Lipinski definition) is 3. The third-order valence-electron chi connectivity index (χ3n) is 3.69. The number of carbonyl (C=O) groups is 1. The van der Waals surface area contributed by atoms with Gasteiger partial charge in [0, 0.05) is 19.2 Å². The van der Waals surface area contributed by atoms with Crippen molar-refractivity contribution in [3.63, 3.8) is 0 Å². The quantitative estimate of drug-likeness (QED) is 0.656. The highest BCUT2D eigenvalue weighted by molar-refractivity contribution is 5.78. The molecule has 18 heavy (non-hydrogen) atoms. The van der Waals surface area contributed by atoms with E-state index in [1.807, 2.05) is 0 Å². The molecule has 1 heterocycles. The van der Waals surface area contributed by atoms with Crippen LogP contribution in [0.5, 0.6) is 0 Å². The molecule has 2 fully saturated rings. The maximum Gasteiger partial charge on any atom is 0.234 e. The molecule has 1 aliphatic carbocycles. The molecule has 3 unspecified atom stereocenters. The lowest BCUT2D eigenvalue weighted by Crippen LogP contribution is -2.44. The molecule has 0 aromatic rings. The summed E-state index contributed by atoms with van der Waals surface area (Å²) >= 11 is 0. The van der Waals surface area contributed by atoms with Crippen molar-refractivity contribution < 1.29 is 14.6 Å². The van der Waals surface area contributed by atoms with Gasteiger partial charge in [-0.1, -0.05) is 0 Å². The van der Waals surface area contributed by atoms with Gasteiger partial charge in [0.25, 0.3) is 0 Å². The highest BCUT2D eigenvalue weighted by atomic mass is 16.5. The van der Waals surface area contributed by atoms with Crippen LogP contribution in [0.15, 0.2) is 0 Å². The zero-order valence-corrected chi connectivity index (χ0v) is 10.9. The highest BCUT2D eigenvalue weighted by Crippen LogP contribution is 2.18. The molecule has 0 spiro atoms. The van der Waals surface area contributed by atoms with Crippen molar-refractivity contribution in [2.45, 2.75) is 56.8 Å². The Bertz CT molecular complexity index is 267. The van der Waals surface area contributed by atoms with Gasteiger partial charge in [-0.15, -0.1) is 0 Å². The fourth-order valence-corrected chi connectivity index (χ4v) is 2.73. The van der Waals surface area contributed by atoms with Gasteiger partial charge in [0.1, 0.15) is 0 Å². The first kappa shape index (κ1) is 13.8. The largest absolute Gasteiger partial charge is 0.393 e. The van der Waals surface area contributed by atoms with Crippen LogP contribution < -0.4 is 10.6 Å². The molecule has 3 N–H and O–H groups in total. The monoisotopic (exact) mass is 256 g/mol. The van der Waals surface area contributed by atoms with Gasteiger partial charge in [-0.3, -0.25) is 4.79 Å². The zero-order chi connectivity index (χ0) is 12.8. The first-order valence-corrected chi connectivity index (χ1v) is 7.04. The Morgan fingerprint density at radius 2 is 2.17 bits per heavy atom. The van der Waals surface area contributed by atoms with Crippen molar-refractivity contribution in [1.29, 1.82) is 0 Å². The van der Waals surface area contributed by atoms with Crippen molar-refractivity contribution in [3.05, 3.63) is 0 Å². The molecular formula is C13H24N2O3. The van der Waals surface area contributed by atoms with E-state index >= 15 is 0 Å². The summed E-state index contributed by atoms with van der Waals surface area (Å²) in [6, 6.07) is 0.144. The standard InChI is InChI=1S/C13H24N2O3/c16-11-4-1-3-10(7-11)15-13(17)9-14-8-12-5-2-6-18-12/h10-12,14,16H,1-9H2,(H,15,17). The van der Waals surface area contributed by atoms with E-state index in [1.54, 1.807) is 0 Å². The molecule has 5 heteroatoms. The first-order valence-electron chi connectivity index (χ1n) is 7.04. The van der Waals surface area contributed by atoms with Gasteiger partial charge in [0.15, 0.2) is 0 Å². The highest BCUT2D eigenvalue weighted by Gasteiger charge is 2.21. The maximum absolute atomic E-state index is 11.7. The molecule has 2 aliphatic rings. The van der Waals surface area contributed by atoms with Gasteiger partial charge in [-0.25, -0.2) is 0 Å². The van der Waals surface area contributed by atoms with Gasteiger partial charge in [-0.2, -0.15) is 0 Å². The normalized spacial score (nSPS) is 32.4. The second kappa shape index (κ2) is 7.07. The van der Waals surface area contributed by atoms with Crippen LogP contribution in [0.4, 0.5) is 0 Å². The Morgan fingerprint density at radius 3 is 2.89 bits per heavy atom. The van der Waals surface area contributed by atoms with E-state index in [1.165, 1.54) is 0 Å². The minimum atomic E-state index is -0.246. The van der Waals surface area contributed by atoms with Crippen molar-refractivity contribution in [2.75, 3.05) is 19.7 Å². The molecule has 0 aromatic heterocycles. The minimum absolute atomic E-state index is 0.0205. The third kappa shape index (κ3) is 4.55. The number of aliphatic hydroxyl groups is 1. The maximum atomic E-state index is 11.7. The molecule has 5 nitrogen and oxygen atoms in total.